The second kappa shape index (κ2) is 4.99. The first kappa shape index (κ1) is 12.7. The summed E-state index contributed by atoms with van der Waals surface area (Å²) in [7, 11) is 0. The highest BCUT2D eigenvalue weighted by molar-refractivity contribution is 6.42. The van der Waals surface area contributed by atoms with Crippen molar-refractivity contribution in [1.29, 1.82) is 0 Å². The summed E-state index contributed by atoms with van der Waals surface area (Å²) < 4.78 is 0. The summed E-state index contributed by atoms with van der Waals surface area (Å²) in [6.45, 7) is 0. The minimum absolute atomic E-state index is 0.107. The summed E-state index contributed by atoms with van der Waals surface area (Å²) in [4.78, 5) is 12.5. The number of hydrogen-bond donors (Lipinski definition) is 0. The number of benzene rings is 2. The minimum Gasteiger partial charge on any atom is -0.293 e. The first-order valence-electron chi connectivity index (χ1n) is 6.24. The van der Waals surface area contributed by atoms with Gasteiger partial charge in [-0.2, -0.15) is 0 Å². The van der Waals surface area contributed by atoms with E-state index in [0.717, 1.165) is 29.5 Å². The van der Waals surface area contributed by atoms with Crippen molar-refractivity contribution in [2.45, 2.75) is 18.8 Å². The van der Waals surface area contributed by atoms with Crippen LogP contribution in [0, 0.1) is 0 Å². The van der Waals surface area contributed by atoms with Crippen LogP contribution in [0.4, 0.5) is 0 Å². The second-order valence-electron chi connectivity index (χ2n) is 4.79. The third kappa shape index (κ3) is 2.29. The van der Waals surface area contributed by atoms with Gasteiger partial charge in [0.1, 0.15) is 0 Å². The molecule has 0 radical (unpaired) electrons. The number of ketones is 1. The van der Waals surface area contributed by atoms with Crippen molar-refractivity contribution < 1.29 is 4.79 Å². The molecule has 0 aromatic heterocycles. The highest BCUT2D eigenvalue weighted by Gasteiger charge is 2.28. The zero-order valence-electron chi connectivity index (χ0n) is 10.2. The topological polar surface area (TPSA) is 17.1 Å². The molecule has 0 N–H and O–H groups in total. The van der Waals surface area contributed by atoms with Gasteiger partial charge in [0.15, 0.2) is 5.78 Å². The van der Waals surface area contributed by atoms with Crippen LogP contribution in [0.5, 0.6) is 0 Å². The molecule has 2 aromatic carbocycles. The Morgan fingerprint density at radius 2 is 1.79 bits per heavy atom. The Morgan fingerprint density at radius 3 is 2.58 bits per heavy atom. The van der Waals surface area contributed by atoms with Crippen LogP contribution in [0.2, 0.25) is 10.0 Å². The average molecular weight is 291 g/mol. The van der Waals surface area contributed by atoms with E-state index in [1.165, 1.54) is 0 Å². The molecule has 0 saturated heterocycles. The Kier molecular flexibility index (Phi) is 3.34. The zero-order chi connectivity index (χ0) is 13.4. The van der Waals surface area contributed by atoms with Crippen molar-refractivity contribution >= 4 is 29.0 Å². The number of carbonyl (C=O) groups excluding carboxylic acids is 1. The van der Waals surface area contributed by atoms with Crippen LogP contribution >= 0.6 is 23.2 Å². The SMILES string of the molecule is O=C1c2ccccc2CC[C@H]1c1ccc(Cl)c(Cl)c1. The van der Waals surface area contributed by atoms with Crippen LogP contribution in [-0.2, 0) is 6.42 Å². The number of Topliss-reactive ketones (excluding diaryl/α,β-unsaturated/α-hetero) is 1. The summed E-state index contributed by atoms with van der Waals surface area (Å²) in [5, 5.41) is 1.03. The minimum atomic E-state index is -0.107. The van der Waals surface area contributed by atoms with E-state index in [9.17, 15) is 4.79 Å². The lowest BCUT2D eigenvalue weighted by Crippen LogP contribution is -2.20. The molecule has 3 heteroatoms. The van der Waals surface area contributed by atoms with Crippen molar-refractivity contribution in [3.05, 3.63) is 69.2 Å². The molecule has 19 heavy (non-hydrogen) atoms. The molecule has 0 unspecified atom stereocenters. The van der Waals surface area contributed by atoms with Crippen molar-refractivity contribution in [2.24, 2.45) is 0 Å². The molecule has 1 aliphatic carbocycles. The Morgan fingerprint density at radius 1 is 1.00 bits per heavy atom. The van der Waals surface area contributed by atoms with E-state index >= 15 is 0 Å². The van der Waals surface area contributed by atoms with Gasteiger partial charge in [-0.15, -0.1) is 0 Å². The largest absolute Gasteiger partial charge is 0.293 e. The van der Waals surface area contributed by atoms with Gasteiger partial charge < -0.3 is 0 Å². The molecule has 2 aromatic rings. The maximum Gasteiger partial charge on any atom is 0.170 e. The van der Waals surface area contributed by atoms with Gasteiger partial charge in [0.25, 0.3) is 0 Å². The third-order valence-electron chi connectivity index (χ3n) is 3.65. The molecule has 0 fully saturated rings. The fourth-order valence-electron chi connectivity index (χ4n) is 2.64. The first-order valence-corrected chi connectivity index (χ1v) is 6.99. The van der Waals surface area contributed by atoms with Crippen LogP contribution in [0.3, 0.4) is 0 Å². The van der Waals surface area contributed by atoms with Gasteiger partial charge in [0, 0.05) is 11.5 Å². The van der Waals surface area contributed by atoms with Gasteiger partial charge in [-0.05, 0) is 36.1 Å². The fourth-order valence-corrected chi connectivity index (χ4v) is 2.95. The predicted octanol–water partition coefficient (Wildman–Crippen LogP) is 4.91. The number of fused-ring (bicyclic) bond motifs is 1. The van der Waals surface area contributed by atoms with Crippen LogP contribution < -0.4 is 0 Å². The van der Waals surface area contributed by atoms with Gasteiger partial charge in [-0.25, -0.2) is 0 Å². The molecule has 0 amide bonds. The fraction of sp³-hybridized carbons (Fsp3) is 0.188. The molecule has 0 saturated carbocycles. The number of aryl methyl sites for hydroxylation is 1. The Hall–Kier alpha value is -1.31. The summed E-state index contributed by atoms with van der Waals surface area (Å²) in [6.07, 6.45) is 1.75. The summed E-state index contributed by atoms with van der Waals surface area (Å²) in [6, 6.07) is 13.3. The van der Waals surface area contributed by atoms with E-state index in [2.05, 4.69) is 0 Å². The number of rotatable bonds is 1. The monoisotopic (exact) mass is 290 g/mol. The molecule has 0 aliphatic heterocycles. The average Bonchev–Trinajstić information content (AvgIpc) is 2.43. The van der Waals surface area contributed by atoms with Crippen LogP contribution in [0.15, 0.2) is 42.5 Å². The summed E-state index contributed by atoms with van der Waals surface area (Å²) in [5.74, 6) is 0.0740. The van der Waals surface area contributed by atoms with Gasteiger partial charge in [0.2, 0.25) is 0 Å². The molecular weight excluding hydrogens is 279 g/mol. The number of carbonyl (C=O) groups is 1. The Bertz CT molecular complexity index is 649. The molecule has 3 rings (SSSR count). The lowest BCUT2D eigenvalue weighted by molar-refractivity contribution is 0.0946. The Labute approximate surface area is 122 Å². The molecule has 1 atom stereocenters. The Balaban J connectivity index is 2.00. The lowest BCUT2D eigenvalue weighted by atomic mass is 9.79. The quantitative estimate of drug-likeness (QED) is 0.730. The lowest BCUT2D eigenvalue weighted by Gasteiger charge is -2.23. The highest BCUT2D eigenvalue weighted by Crippen LogP contribution is 2.35. The summed E-state index contributed by atoms with van der Waals surface area (Å²) in [5.41, 5.74) is 2.93. The standard InChI is InChI=1S/C16H12Cl2O/c17-14-8-6-11(9-15(14)18)13-7-5-10-3-1-2-4-12(10)16(13)19/h1-4,6,8-9,13H,5,7H2/t13-/m0/s1. The molecule has 0 heterocycles. The molecule has 1 nitrogen and oxygen atoms in total. The maximum atomic E-state index is 12.5. The molecule has 1 aliphatic rings. The van der Waals surface area contributed by atoms with E-state index in [-0.39, 0.29) is 11.7 Å². The predicted molar refractivity (Wildman–Crippen MR) is 78.3 cm³/mol. The van der Waals surface area contributed by atoms with Crippen LogP contribution in [0.25, 0.3) is 0 Å². The van der Waals surface area contributed by atoms with Gasteiger partial charge >= 0.3 is 0 Å². The van der Waals surface area contributed by atoms with Gasteiger partial charge in [0.05, 0.1) is 10.0 Å². The number of hydrogen-bond acceptors (Lipinski definition) is 1. The molecule has 0 spiro atoms. The van der Waals surface area contributed by atoms with Gasteiger partial charge in [-0.3, -0.25) is 4.79 Å². The highest BCUT2D eigenvalue weighted by atomic mass is 35.5. The second-order valence-corrected chi connectivity index (χ2v) is 5.60. The van der Waals surface area contributed by atoms with E-state index < -0.39 is 0 Å². The van der Waals surface area contributed by atoms with Crippen molar-refractivity contribution in [3.63, 3.8) is 0 Å². The zero-order valence-corrected chi connectivity index (χ0v) is 11.7. The van der Waals surface area contributed by atoms with Crippen LogP contribution in [-0.4, -0.2) is 5.78 Å². The molecular formula is C16H12Cl2O. The summed E-state index contributed by atoms with van der Waals surface area (Å²) >= 11 is 12.0. The van der Waals surface area contributed by atoms with Crippen molar-refractivity contribution in [2.75, 3.05) is 0 Å². The van der Waals surface area contributed by atoms with E-state index in [1.807, 2.05) is 30.3 Å². The smallest absolute Gasteiger partial charge is 0.170 e. The van der Waals surface area contributed by atoms with Gasteiger partial charge in [-0.1, -0.05) is 53.5 Å². The normalized spacial score (nSPS) is 18.2. The molecule has 0 bridgehead atoms. The van der Waals surface area contributed by atoms with Crippen molar-refractivity contribution in [1.82, 2.24) is 0 Å². The van der Waals surface area contributed by atoms with Crippen molar-refractivity contribution in [3.8, 4) is 0 Å². The van der Waals surface area contributed by atoms with E-state index in [1.54, 1.807) is 12.1 Å². The third-order valence-corrected chi connectivity index (χ3v) is 4.39. The first-order chi connectivity index (χ1) is 9.16. The van der Waals surface area contributed by atoms with E-state index in [0.29, 0.717) is 10.0 Å². The number of halogens is 2. The maximum absolute atomic E-state index is 12.5. The molecule has 96 valence electrons. The van der Waals surface area contributed by atoms with E-state index in [4.69, 9.17) is 23.2 Å². The van der Waals surface area contributed by atoms with Crippen LogP contribution in [0.1, 0.15) is 33.8 Å².